The van der Waals surface area contributed by atoms with Crippen molar-refractivity contribution in [2.24, 2.45) is 0 Å². The molecule has 0 saturated heterocycles. The van der Waals surface area contributed by atoms with Crippen molar-refractivity contribution in [2.75, 3.05) is 0 Å². The molecule has 4 aromatic rings. The fourth-order valence-corrected chi connectivity index (χ4v) is 2.87. The second kappa shape index (κ2) is 4.67. The molecule has 21 heavy (non-hydrogen) atoms. The highest BCUT2D eigenvalue weighted by Gasteiger charge is 2.13. The number of rotatable bonds is 1. The number of hydrogen-bond donors (Lipinski definition) is 0. The van der Waals surface area contributed by atoms with E-state index in [1.807, 2.05) is 31.3 Å². The molecule has 0 radical (unpaired) electrons. The predicted molar refractivity (Wildman–Crippen MR) is 86.0 cm³/mol. The Labute approximate surface area is 123 Å². The Morgan fingerprint density at radius 2 is 1.67 bits per heavy atom. The first-order valence-corrected chi connectivity index (χ1v) is 7.09. The van der Waals surface area contributed by atoms with E-state index in [-0.39, 0.29) is 0 Å². The summed E-state index contributed by atoms with van der Waals surface area (Å²) in [5.74, 6) is 0. The maximum atomic E-state index is 4.64. The zero-order valence-corrected chi connectivity index (χ0v) is 11.8. The molecule has 0 unspecified atom stereocenters. The van der Waals surface area contributed by atoms with Gasteiger partial charge in [0.05, 0.1) is 5.39 Å². The van der Waals surface area contributed by atoms with Gasteiger partial charge in [0, 0.05) is 17.1 Å². The van der Waals surface area contributed by atoms with Gasteiger partial charge in [0.1, 0.15) is 5.69 Å². The van der Waals surface area contributed by atoms with E-state index in [9.17, 15) is 0 Å². The summed E-state index contributed by atoms with van der Waals surface area (Å²) in [6.45, 7) is 2.02. The summed E-state index contributed by atoms with van der Waals surface area (Å²) in [4.78, 5) is 8.00. The van der Waals surface area contributed by atoms with Gasteiger partial charge in [-0.25, -0.2) is 9.97 Å². The molecular formula is C19H15N2+. The van der Waals surface area contributed by atoms with Crippen LogP contribution in [-0.2, 0) is 0 Å². The Morgan fingerprint density at radius 1 is 0.762 bits per heavy atom. The molecule has 2 aromatic carbocycles. The lowest BCUT2D eigenvalue weighted by Crippen LogP contribution is -2.07. The Balaban J connectivity index is 2.09. The summed E-state index contributed by atoms with van der Waals surface area (Å²) in [5.41, 5.74) is 3.08. The normalized spacial score (nSPS) is 11.1. The van der Waals surface area contributed by atoms with Crippen molar-refractivity contribution in [3.8, 4) is 11.4 Å². The van der Waals surface area contributed by atoms with Crippen molar-refractivity contribution in [1.82, 2.24) is 4.98 Å². The second-order valence-electron chi connectivity index (χ2n) is 5.26. The van der Waals surface area contributed by atoms with Crippen LogP contribution < -0.4 is 4.98 Å². The van der Waals surface area contributed by atoms with E-state index < -0.39 is 0 Å². The van der Waals surface area contributed by atoms with Crippen molar-refractivity contribution < 1.29 is 4.98 Å². The smallest absolute Gasteiger partial charge is 0.237 e. The van der Waals surface area contributed by atoms with Gasteiger partial charge in [-0.1, -0.05) is 36.4 Å². The minimum Gasteiger partial charge on any atom is -0.247 e. The van der Waals surface area contributed by atoms with Crippen molar-refractivity contribution >= 4 is 21.5 Å². The molecule has 0 aliphatic carbocycles. The predicted octanol–water partition coefficient (Wildman–Crippen LogP) is 4.18. The van der Waals surface area contributed by atoms with Gasteiger partial charge >= 0.3 is 0 Å². The maximum absolute atomic E-state index is 4.64. The van der Waals surface area contributed by atoms with Crippen LogP contribution in [0.15, 0.2) is 66.9 Å². The number of nitrogens with zero attached hydrogens (tertiary/aromatic N) is 1. The number of H-pyrrole nitrogens is 1. The number of fused-ring (bicyclic) bond motifs is 3. The van der Waals surface area contributed by atoms with E-state index in [1.165, 1.54) is 21.5 Å². The van der Waals surface area contributed by atoms with Crippen LogP contribution >= 0.6 is 0 Å². The molecule has 2 heterocycles. The van der Waals surface area contributed by atoms with Crippen LogP contribution in [0.3, 0.4) is 0 Å². The van der Waals surface area contributed by atoms with E-state index in [1.54, 1.807) is 0 Å². The number of aromatic nitrogens is 2. The first kappa shape index (κ1) is 12.0. The van der Waals surface area contributed by atoms with Crippen molar-refractivity contribution in [3.05, 3.63) is 72.6 Å². The average Bonchev–Trinajstić information content (AvgIpc) is 2.54. The largest absolute Gasteiger partial charge is 0.247 e. The number of aryl methyl sites for hydroxylation is 1. The van der Waals surface area contributed by atoms with Crippen LogP contribution in [0.4, 0.5) is 0 Å². The summed E-state index contributed by atoms with van der Waals surface area (Å²) in [6, 6.07) is 21.1. The van der Waals surface area contributed by atoms with Crippen LogP contribution in [0, 0.1) is 6.92 Å². The first-order chi connectivity index (χ1) is 10.3. The lowest BCUT2D eigenvalue weighted by atomic mass is 10.0. The highest BCUT2D eigenvalue weighted by Crippen LogP contribution is 2.29. The van der Waals surface area contributed by atoms with E-state index >= 15 is 0 Å². The van der Waals surface area contributed by atoms with Gasteiger partial charge in [-0.15, -0.1) is 0 Å². The molecule has 0 bridgehead atoms. The molecule has 2 heteroatoms. The van der Waals surface area contributed by atoms with Gasteiger partial charge < -0.3 is 0 Å². The van der Waals surface area contributed by atoms with Crippen molar-refractivity contribution in [1.29, 1.82) is 0 Å². The van der Waals surface area contributed by atoms with Crippen LogP contribution in [0.5, 0.6) is 0 Å². The van der Waals surface area contributed by atoms with Gasteiger partial charge in [0.15, 0.2) is 6.20 Å². The van der Waals surface area contributed by atoms with E-state index in [0.29, 0.717) is 0 Å². The van der Waals surface area contributed by atoms with E-state index in [2.05, 4.69) is 52.4 Å². The zero-order valence-electron chi connectivity index (χ0n) is 11.8. The van der Waals surface area contributed by atoms with Gasteiger partial charge in [0.25, 0.3) is 0 Å². The molecule has 2 aromatic heterocycles. The van der Waals surface area contributed by atoms with Crippen LogP contribution in [0.2, 0.25) is 0 Å². The third-order valence-corrected chi connectivity index (χ3v) is 3.86. The molecular weight excluding hydrogens is 256 g/mol. The maximum Gasteiger partial charge on any atom is 0.237 e. The summed E-state index contributed by atoms with van der Waals surface area (Å²) < 4.78 is 0. The van der Waals surface area contributed by atoms with Crippen molar-refractivity contribution in [3.63, 3.8) is 0 Å². The molecule has 0 aliphatic rings. The second-order valence-corrected chi connectivity index (χ2v) is 5.26. The zero-order chi connectivity index (χ0) is 14.2. The monoisotopic (exact) mass is 271 g/mol. The Morgan fingerprint density at radius 3 is 2.57 bits per heavy atom. The minimum absolute atomic E-state index is 0.982. The topological polar surface area (TPSA) is 27.0 Å². The molecule has 0 saturated carbocycles. The summed E-state index contributed by atoms with van der Waals surface area (Å²) in [6.07, 6.45) is 1.99. The molecule has 0 amide bonds. The fourth-order valence-electron chi connectivity index (χ4n) is 2.87. The molecule has 100 valence electrons. The molecule has 0 atom stereocenters. The molecule has 0 fully saturated rings. The molecule has 1 N–H and O–H groups in total. The van der Waals surface area contributed by atoms with Crippen molar-refractivity contribution in [2.45, 2.75) is 6.92 Å². The fraction of sp³-hybridized carbons (Fsp3) is 0.0526. The van der Waals surface area contributed by atoms with Gasteiger partial charge in [-0.05, 0) is 35.9 Å². The molecule has 0 spiro atoms. The van der Waals surface area contributed by atoms with Crippen LogP contribution in [-0.4, -0.2) is 4.98 Å². The van der Waals surface area contributed by atoms with Crippen LogP contribution in [0.1, 0.15) is 5.69 Å². The lowest BCUT2D eigenvalue weighted by molar-refractivity contribution is -0.363. The van der Waals surface area contributed by atoms with Gasteiger partial charge in [-0.2, -0.15) is 0 Å². The van der Waals surface area contributed by atoms with Crippen LogP contribution in [0.25, 0.3) is 32.9 Å². The third kappa shape index (κ3) is 1.96. The average molecular weight is 271 g/mol. The summed E-state index contributed by atoms with van der Waals surface area (Å²) >= 11 is 0. The minimum atomic E-state index is 0.982. The SMILES string of the molecule is Cc1cccc(-c2[nH+]ccc3c2ccc2ccccc23)n1. The number of nitrogens with one attached hydrogen (secondary N) is 1. The highest BCUT2D eigenvalue weighted by molar-refractivity contribution is 6.10. The number of hydrogen-bond acceptors (Lipinski definition) is 1. The van der Waals surface area contributed by atoms with Gasteiger partial charge in [-0.3, -0.25) is 0 Å². The Hall–Kier alpha value is -2.74. The molecule has 2 nitrogen and oxygen atoms in total. The molecule has 4 rings (SSSR count). The van der Waals surface area contributed by atoms with E-state index in [0.717, 1.165) is 17.1 Å². The quantitative estimate of drug-likeness (QED) is 0.477. The molecule has 0 aliphatic heterocycles. The Kier molecular flexibility index (Phi) is 2.68. The number of benzene rings is 2. The summed E-state index contributed by atoms with van der Waals surface area (Å²) in [5, 5.41) is 5.00. The lowest BCUT2D eigenvalue weighted by Gasteiger charge is -2.05. The number of aromatic amines is 1. The summed E-state index contributed by atoms with van der Waals surface area (Å²) in [7, 11) is 0. The highest BCUT2D eigenvalue weighted by atomic mass is 14.8. The number of pyridine rings is 2. The first-order valence-electron chi connectivity index (χ1n) is 7.09. The van der Waals surface area contributed by atoms with Gasteiger partial charge in [0.2, 0.25) is 5.69 Å². The van der Waals surface area contributed by atoms with E-state index in [4.69, 9.17) is 0 Å². The Bertz CT molecular complexity index is 958. The standard InChI is InChI=1S/C19H14N2/c1-13-5-4-8-18(21-13)19-17-10-9-14-6-2-3-7-15(14)16(17)11-12-20-19/h2-12H,1H3/p+1. The third-order valence-electron chi connectivity index (χ3n) is 3.86.